The molecule has 1 fully saturated rings. The van der Waals surface area contributed by atoms with Crippen LogP contribution in [0.5, 0.6) is 0 Å². The molecule has 0 bridgehead atoms. The smallest absolute Gasteiger partial charge is 0.241 e. The molecule has 104 valence electrons. The summed E-state index contributed by atoms with van der Waals surface area (Å²) in [6, 6.07) is 10.6. The zero-order valence-electron chi connectivity index (χ0n) is 11.2. The third-order valence-electron chi connectivity index (χ3n) is 3.22. The second-order valence-corrected chi connectivity index (χ2v) is 5.11. The maximum absolute atomic E-state index is 11.7. The molecule has 0 saturated heterocycles. The molecule has 1 aliphatic carbocycles. The average Bonchev–Trinajstić information content (AvgIpc) is 3.15. The Balaban J connectivity index is 1.49. The van der Waals surface area contributed by atoms with Crippen molar-refractivity contribution in [1.82, 2.24) is 15.1 Å². The van der Waals surface area contributed by atoms with E-state index >= 15 is 0 Å². The van der Waals surface area contributed by atoms with Crippen LogP contribution in [0.15, 0.2) is 42.7 Å². The molecule has 1 amide bonds. The third kappa shape index (κ3) is 3.60. The van der Waals surface area contributed by atoms with Gasteiger partial charge in [-0.3, -0.25) is 9.48 Å². The molecule has 20 heavy (non-hydrogen) atoms. The number of carbonyl (C=O) groups excluding carboxylic acids is 1. The molecular weight excluding hydrogens is 252 g/mol. The van der Waals surface area contributed by atoms with Gasteiger partial charge >= 0.3 is 0 Å². The van der Waals surface area contributed by atoms with E-state index in [0.29, 0.717) is 6.04 Å². The van der Waals surface area contributed by atoms with Crippen molar-refractivity contribution in [1.29, 1.82) is 0 Å². The van der Waals surface area contributed by atoms with Gasteiger partial charge < -0.3 is 10.6 Å². The van der Waals surface area contributed by atoms with Gasteiger partial charge in [-0.1, -0.05) is 30.3 Å². The van der Waals surface area contributed by atoms with Crippen LogP contribution in [0.2, 0.25) is 0 Å². The lowest BCUT2D eigenvalue weighted by molar-refractivity contribution is -0.122. The Labute approximate surface area is 118 Å². The number of aromatic nitrogens is 2. The molecule has 0 aliphatic heterocycles. The second kappa shape index (κ2) is 5.77. The summed E-state index contributed by atoms with van der Waals surface area (Å²) < 4.78 is 1.66. The predicted molar refractivity (Wildman–Crippen MR) is 77.2 cm³/mol. The minimum atomic E-state index is 0.0326. The number of anilines is 1. The maximum Gasteiger partial charge on any atom is 0.241 e. The summed E-state index contributed by atoms with van der Waals surface area (Å²) in [6.07, 6.45) is 5.81. The summed E-state index contributed by atoms with van der Waals surface area (Å²) in [5.41, 5.74) is 2.14. The molecule has 0 radical (unpaired) electrons. The molecular formula is C15H18N4O. The maximum atomic E-state index is 11.7. The van der Waals surface area contributed by atoms with E-state index < -0.39 is 0 Å². The van der Waals surface area contributed by atoms with E-state index in [1.807, 2.05) is 24.4 Å². The van der Waals surface area contributed by atoms with Gasteiger partial charge in [0.15, 0.2) is 0 Å². The predicted octanol–water partition coefficient (Wildman–Crippen LogP) is 1.77. The van der Waals surface area contributed by atoms with Gasteiger partial charge in [0, 0.05) is 18.8 Å². The number of amides is 1. The summed E-state index contributed by atoms with van der Waals surface area (Å²) in [7, 11) is 0. The first-order valence-electron chi connectivity index (χ1n) is 6.89. The summed E-state index contributed by atoms with van der Waals surface area (Å²) in [5, 5.41) is 10.4. The minimum Gasteiger partial charge on any atom is -0.378 e. The molecule has 2 N–H and O–H groups in total. The van der Waals surface area contributed by atoms with E-state index in [9.17, 15) is 4.79 Å². The van der Waals surface area contributed by atoms with Gasteiger partial charge in [-0.2, -0.15) is 5.10 Å². The van der Waals surface area contributed by atoms with Crippen molar-refractivity contribution in [3.05, 3.63) is 48.3 Å². The molecule has 1 aromatic carbocycles. The molecule has 0 atom stereocenters. The van der Waals surface area contributed by atoms with Crippen LogP contribution in [0.4, 0.5) is 5.69 Å². The Bertz CT molecular complexity index is 575. The van der Waals surface area contributed by atoms with Gasteiger partial charge in [0.05, 0.1) is 11.9 Å². The van der Waals surface area contributed by atoms with E-state index in [0.717, 1.165) is 25.1 Å². The fraction of sp³-hybridized carbons (Fsp3) is 0.333. The lowest BCUT2D eigenvalue weighted by Crippen LogP contribution is -2.29. The quantitative estimate of drug-likeness (QED) is 0.841. The molecule has 3 rings (SSSR count). The van der Waals surface area contributed by atoms with Crippen molar-refractivity contribution in [2.75, 3.05) is 5.32 Å². The van der Waals surface area contributed by atoms with Crippen molar-refractivity contribution in [3.63, 3.8) is 0 Å². The van der Waals surface area contributed by atoms with Crippen molar-refractivity contribution in [3.8, 4) is 0 Å². The normalized spacial score (nSPS) is 14.0. The lowest BCUT2D eigenvalue weighted by atomic mass is 10.2. The van der Waals surface area contributed by atoms with Gasteiger partial charge in [0.25, 0.3) is 0 Å². The molecule has 1 aromatic heterocycles. The summed E-state index contributed by atoms with van der Waals surface area (Å²) in [6.45, 7) is 1.03. The van der Waals surface area contributed by atoms with E-state index in [1.165, 1.54) is 5.56 Å². The Morgan fingerprint density at radius 1 is 1.30 bits per heavy atom. The van der Waals surface area contributed by atoms with Crippen molar-refractivity contribution >= 4 is 11.6 Å². The highest BCUT2D eigenvalue weighted by Crippen LogP contribution is 2.18. The summed E-state index contributed by atoms with van der Waals surface area (Å²) in [4.78, 5) is 11.7. The standard InChI is InChI=1S/C15H18N4O/c20-15(18-13-6-7-13)11-19-10-14(9-17-19)16-8-12-4-2-1-3-5-12/h1-5,9-10,13,16H,6-8,11H2,(H,18,20). The molecule has 1 heterocycles. The van der Waals surface area contributed by atoms with Crippen LogP contribution < -0.4 is 10.6 Å². The van der Waals surface area contributed by atoms with Crippen LogP contribution in [0.1, 0.15) is 18.4 Å². The largest absolute Gasteiger partial charge is 0.378 e. The molecule has 1 aliphatic rings. The van der Waals surface area contributed by atoms with Crippen LogP contribution in [0, 0.1) is 0 Å². The Morgan fingerprint density at radius 2 is 2.10 bits per heavy atom. The van der Waals surface area contributed by atoms with Crippen LogP contribution in [0.3, 0.4) is 0 Å². The van der Waals surface area contributed by atoms with E-state index in [-0.39, 0.29) is 12.5 Å². The Morgan fingerprint density at radius 3 is 2.85 bits per heavy atom. The zero-order valence-corrected chi connectivity index (χ0v) is 11.2. The van der Waals surface area contributed by atoms with Crippen LogP contribution in [0.25, 0.3) is 0 Å². The third-order valence-corrected chi connectivity index (χ3v) is 3.22. The SMILES string of the molecule is O=C(Cn1cc(NCc2ccccc2)cn1)NC1CC1. The van der Waals surface area contributed by atoms with E-state index in [2.05, 4.69) is 27.9 Å². The monoisotopic (exact) mass is 270 g/mol. The highest BCUT2D eigenvalue weighted by molar-refractivity contribution is 5.76. The minimum absolute atomic E-state index is 0.0326. The van der Waals surface area contributed by atoms with E-state index in [4.69, 9.17) is 0 Å². The molecule has 5 heteroatoms. The van der Waals surface area contributed by atoms with Gasteiger partial charge in [-0.05, 0) is 18.4 Å². The van der Waals surface area contributed by atoms with Crippen molar-refractivity contribution in [2.45, 2.75) is 32.0 Å². The number of carbonyl (C=O) groups is 1. The molecule has 5 nitrogen and oxygen atoms in total. The number of rotatable bonds is 6. The Hall–Kier alpha value is -2.30. The number of hydrogen-bond donors (Lipinski definition) is 2. The van der Waals surface area contributed by atoms with Crippen molar-refractivity contribution in [2.24, 2.45) is 0 Å². The van der Waals surface area contributed by atoms with Gasteiger partial charge in [-0.25, -0.2) is 0 Å². The fourth-order valence-corrected chi connectivity index (χ4v) is 1.99. The summed E-state index contributed by atoms with van der Waals surface area (Å²) in [5.74, 6) is 0.0326. The van der Waals surface area contributed by atoms with Crippen LogP contribution >= 0.6 is 0 Å². The highest BCUT2D eigenvalue weighted by atomic mass is 16.2. The number of benzene rings is 1. The van der Waals surface area contributed by atoms with Crippen LogP contribution in [-0.4, -0.2) is 21.7 Å². The van der Waals surface area contributed by atoms with Gasteiger partial charge in [-0.15, -0.1) is 0 Å². The second-order valence-electron chi connectivity index (χ2n) is 5.11. The first-order chi connectivity index (χ1) is 9.79. The fourth-order valence-electron chi connectivity index (χ4n) is 1.99. The van der Waals surface area contributed by atoms with Gasteiger partial charge in [0.2, 0.25) is 5.91 Å². The molecule has 0 unspecified atom stereocenters. The average molecular weight is 270 g/mol. The highest BCUT2D eigenvalue weighted by Gasteiger charge is 2.23. The topological polar surface area (TPSA) is 59.0 Å². The van der Waals surface area contributed by atoms with Crippen molar-refractivity contribution < 1.29 is 4.79 Å². The Kier molecular flexibility index (Phi) is 3.67. The molecule has 1 saturated carbocycles. The van der Waals surface area contributed by atoms with E-state index in [1.54, 1.807) is 10.9 Å². The first-order valence-corrected chi connectivity index (χ1v) is 6.89. The lowest BCUT2D eigenvalue weighted by Gasteiger charge is -2.04. The number of nitrogens with one attached hydrogen (secondary N) is 2. The molecule has 0 spiro atoms. The zero-order chi connectivity index (χ0) is 13.8. The first kappa shape index (κ1) is 12.7. The van der Waals surface area contributed by atoms with Crippen LogP contribution in [-0.2, 0) is 17.9 Å². The number of nitrogens with zero attached hydrogens (tertiary/aromatic N) is 2. The van der Waals surface area contributed by atoms with Gasteiger partial charge in [0.1, 0.15) is 6.54 Å². The summed E-state index contributed by atoms with van der Waals surface area (Å²) >= 11 is 0. The molecule has 2 aromatic rings. The number of hydrogen-bond acceptors (Lipinski definition) is 3.